The molecule has 1 aliphatic heterocycles. The van der Waals surface area contributed by atoms with Gasteiger partial charge < -0.3 is 10.0 Å². The molecule has 0 aromatic rings. The molecular weight excluding hydrogens is 162 g/mol. The first-order valence-corrected chi connectivity index (χ1v) is 5.46. The largest absolute Gasteiger partial charge is 0.391 e. The number of unbranched alkanes of at least 4 members (excludes halogenated alkanes) is 1. The van der Waals surface area contributed by atoms with E-state index in [-0.39, 0.29) is 11.5 Å². The highest BCUT2D eigenvalue weighted by molar-refractivity contribution is 4.86. The lowest BCUT2D eigenvalue weighted by atomic mass is 9.80. The third kappa shape index (κ3) is 2.96. The molecule has 2 heteroatoms. The molecule has 78 valence electrons. The number of hydrogen-bond acceptors (Lipinski definition) is 2. The van der Waals surface area contributed by atoms with Crippen molar-refractivity contribution < 1.29 is 5.11 Å². The molecule has 1 aliphatic rings. The molecule has 0 aromatic carbocycles. The molecule has 1 saturated heterocycles. The summed E-state index contributed by atoms with van der Waals surface area (Å²) in [6, 6.07) is 0. The molecule has 1 N–H and O–H groups in total. The summed E-state index contributed by atoms with van der Waals surface area (Å²) >= 11 is 0. The van der Waals surface area contributed by atoms with Crippen molar-refractivity contribution >= 4 is 0 Å². The van der Waals surface area contributed by atoms with Gasteiger partial charge in [0.2, 0.25) is 0 Å². The summed E-state index contributed by atoms with van der Waals surface area (Å²) in [7, 11) is 0. The molecule has 1 heterocycles. The molecule has 1 fully saturated rings. The highest BCUT2D eigenvalue weighted by Gasteiger charge is 2.33. The maximum absolute atomic E-state index is 9.87. The van der Waals surface area contributed by atoms with Crippen molar-refractivity contribution in [2.45, 2.75) is 46.1 Å². The number of hydrogen-bond donors (Lipinski definition) is 1. The SMILES string of the molecule is CCCCN1CCC(C)(C)C(O)C1. The first-order chi connectivity index (χ1) is 6.06. The molecule has 0 saturated carbocycles. The highest BCUT2D eigenvalue weighted by atomic mass is 16.3. The van der Waals surface area contributed by atoms with E-state index in [2.05, 4.69) is 25.7 Å². The van der Waals surface area contributed by atoms with Gasteiger partial charge in [0, 0.05) is 6.54 Å². The molecule has 0 bridgehead atoms. The van der Waals surface area contributed by atoms with Crippen molar-refractivity contribution in [3.8, 4) is 0 Å². The summed E-state index contributed by atoms with van der Waals surface area (Å²) in [5, 5.41) is 9.87. The van der Waals surface area contributed by atoms with Gasteiger partial charge in [0.15, 0.2) is 0 Å². The molecule has 0 amide bonds. The Morgan fingerprint density at radius 2 is 2.15 bits per heavy atom. The molecule has 0 aromatic heterocycles. The molecule has 0 radical (unpaired) electrons. The van der Waals surface area contributed by atoms with Crippen molar-refractivity contribution in [1.82, 2.24) is 4.90 Å². The topological polar surface area (TPSA) is 23.5 Å². The Morgan fingerprint density at radius 3 is 2.69 bits per heavy atom. The second kappa shape index (κ2) is 4.43. The van der Waals surface area contributed by atoms with E-state index < -0.39 is 0 Å². The van der Waals surface area contributed by atoms with Crippen molar-refractivity contribution in [3.63, 3.8) is 0 Å². The fourth-order valence-electron chi connectivity index (χ4n) is 1.78. The zero-order chi connectivity index (χ0) is 9.90. The van der Waals surface area contributed by atoms with Crippen LogP contribution in [0.1, 0.15) is 40.0 Å². The quantitative estimate of drug-likeness (QED) is 0.725. The minimum Gasteiger partial charge on any atom is -0.391 e. The van der Waals surface area contributed by atoms with Crippen LogP contribution < -0.4 is 0 Å². The Hall–Kier alpha value is -0.0800. The monoisotopic (exact) mass is 185 g/mol. The van der Waals surface area contributed by atoms with Crippen LogP contribution in [0.4, 0.5) is 0 Å². The van der Waals surface area contributed by atoms with Crippen LogP contribution in [0.5, 0.6) is 0 Å². The average Bonchev–Trinajstić information content (AvgIpc) is 2.07. The minimum absolute atomic E-state index is 0.128. The summed E-state index contributed by atoms with van der Waals surface area (Å²) in [6.45, 7) is 9.72. The summed E-state index contributed by atoms with van der Waals surface area (Å²) in [5.41, 5.74) is 0.128. The fraction of sp³-hybridized carbons (Fsp3) is 1.00. The van der Waals surface area contributed by atoms with E-state index in [1.165, 1.54) is 12.8 Å². The van der Waals surface area contributed by atoms with Crippen molar-refractivity contribution in [2.75, 3.05) is 19.6 Å². The third-order valence-electron chi connectivity index (χ3n) is 3.23. The molecule has 1 atom stereocenters. The Bertz CT molecular complexity index is 156. The Balaban J connectivity index is 2.33. The van der Waals surface area contributed by atoms with Gasteiger partial charge >= 0.3 is 0 Å². The predicted octanol–water partition coefficient (Wildman–Crippen LogP) is 1.88. The zero-order valence-corrected chi connectivity index (χ0v) is 9.21. The fourth-order valence-corrected chi connectivity index (χ4v) is 1.78. The van der Waals surface area contributed by atoms with Crippen LogP contribution in [-0.4, -0.2) is 35.7 Å². The number of likely N-dealkylation sites (tertiary alicyclic amines) is 1. The maximum Gasteiger partial charge on any atom is 0.0718 e. The van der Waals surface area contributed by atoms with E-state index in [1.54, 1.807) is 0 Å². The lowest BCUT2D eigenvalue weighted by Gasteiger charge is -2.41. The number of nitrogens with zero attached hydrogens (tertiary/aromatic N) is 1. The molecule has 1 rings (SSSR count). The van der Waals surface area contributed by atoms with Crippen molar-refractivity contribution in [3.05, 3.63) is 0 Å². The van der Waals surface area contributed by atoms with E-state index in [9.17, 15) is 5.11 Å². The number of rotatable bonds is 3. The summed E-state index contributed by atoms with van der Waals surface area (Å²) in [5.74, 6) is 0. The number of β-amino-alcohol motifs (C(OH)–C–C–N with tert-alkyl or cyclic N) is 1. The van der Waals surface area contributed by atoms with Crippen LogP contribution in [0.15, 0.2) is 0 Å². The maximum atomic E-state index is 9.87. The van der Waals surface area contributed by atoms with Gasteiger partial charge in [-0.25, -0.2) is 0 Å². The van der Waals surface area contributed by atoms with Gasteiger partial charge in [-0.15, -0.1) is 0 Å². The van der Waals surface area contributed by atoms with Crippen LogP contribution in [0.3, 0.4) is 0 Å². The first kappa shape index (κ1) is 11.0. The minimum atomic E-state index is -0.141. The molecular formula is C11H23NO. The van der Waals surface area contributed by atoms with Gasteiger partial charge in [-0.1, -0.05) is 27.2 Å². The van der Waals surface area contributed by atoms with E-state index >= 15 is 0 Å². The molecule has 1 unspecified atom stereocenters. The van der Waals surface area contributed by atoms with Crippen molar-refractivity contribution in [1.29, 1.82) is 0 Å². The Labute approximate surface area is 81.9 Å². The zero-order valence-electron chi connectivity index (χ0n) is 9.21. The normalized spacial score (nSPS) is 29.1. The van der Waals surface area contributed by atoms with Gasteiger partial charge in [0.05, 0.1) is 6.10 Å². The second-order valence-corrected chi connectivity index (χ2v) is 4.91. The molecule has 0 spiro atoms. The van der Waals surface area contributed by atoms with Gasteiger partial charge in [-0.05, 0) is 31.3 Å². The van der Waals surface area contributed by atoms with Crippen LogP contribution in [0.25, 0.3) is 0 Å². The highest BCUT2D eigenvalue weighted by Crippen LogP contribution is 2.30. The average molecular weight is 185 g/mol. The smallest absolute Gasteiger partial charge is 0.0718 e. The summed E-state index contributed by atoms with van der Waals surface area (Å²) < 4.78 is 0. The van der Waals surface area contributed by atoms with E-state index in [0.29, 0.717) is 0 Å². The van der Waals surface area contributed by atoms with Gasteiger partial charge in [-0.2, -0.15) is 0 Å². The van der Waals surface area contributed by atoms with Gasteiger partial charge in [-0.3, -0.25) is 0 Å². The molecule has 2 nitrogen and oxygen atoms in total. The number of aliphatic hydroxyl groups excluding tert-OH is 1. The number of piperidine rings is 1. The molecule has 0 aliphatic carbocycles. The lowest BCUT2D eigenvalue weighted by molar-refractivity contribution is -0.0254. The van der Waals surface area contributed by atoms with Crippen LogP contribution >= 0.6 is 0 Å². The van der Waals surface area contributed by atoms with E-state index in [1.807, 2.05) is 0 Å². The lowest BCUT2D eigenvalue weighted by Crippen LogP contribution is -2.48. The summed E-state index contributed by atoms with van der Waals surface area (Å²) in [4.78, 5) is 2.39. The third-order valence-corrected chi connectivity index (χ3v) is 3.23. The Morgan fingerprint density at radius 1 is 1.46 bits per heavy atom. The van der Waals surface area contributed by atoms with Crippen LogP contribution in [-0.2, 0) is 0 Å². The number of aliphatic hydroxyl groups is 1. The van der Waals surface area contributed by atoms with Crippen LogP contribution in [0.2, 0.25) is 0 Å². The standard InChI is InChI=1S/C11H23NO/c1-4-5-7-12-8-6-11(2,3)10(13)9-12/h10,13H,4-9H2,1-3H3. The van der Waals surface area contributed by atoms with Gasteiger partial charge in [0.25, 0.3) is 0 Å². The van der Waals surface area contributed by atoms with Gasteiger partial charge in [0.1, 0.15) is 0 Å². The summed E-state index contributed by atoms with van der Waals surface area (Å²) in [6.07, 6.45) is 3.49. The first-order valence-electron chi connectivity index (χ1n) is 5.46. The van der Waals surface area contributed by atoms with E-state index in [4.69, 9.17) is 0 Å². The van der Waals surface area contributed by atoms with Crippen LogP contribution in [0, 0.1) is 5.41 Å². The predicted molar refractivity (Wildman–Crippen MR) is 55.8 cm³/mol. The Kier molecular flexibility index (Phi) is 3.74. The van der Waals surface area contributed by atoms with E-state index in [0.717, 1.165) is 26.1 Å². The second-order valence-electron chi connectivity index (χ2n) is 4.91. The molecule has 13 heavy (non-hydrogen) atoms. The van der Waals surface area contributed by atoms with Crippen molar-refractivity contribution in [2.24, 2.45) is 5.41 Å².